The third-order valence-electron chi connectivity index (χ3n) is 5.50. The highest BCUT2D eigenvalue weighted by Gasteiger charge is 2.33. The molecule has 0 bridgehead atoms. The molecule has 2 aliphatic heterocycles. The van der Waals surface area contributed by atoms with Crippen LogP contribution in [0.4, 0.5) is 18.9 Å². The molecule has 4 rings (SSSR count). The van der Waals surface area contributed by atoms with Gasteiger partial charge in [0.1, 0.15) is 5.75 Å². The Morgan fingerprint density at radius 1 is 1.03 bits per heavy atom. The van der Waals surface area contributed by atoms with Gasteiger partial charge in [-0.2, -0.15) is 13.2 Å². The zero-order valence-electron chi connectivity index (χ0n) is 16.5. The average molecular weight is 419 g/mol. The number of benzene rings is 2. The Balaban J connectivity index is 1.26. The molecule has 2 aromatic rings. The lowest BCUT2D eigenvalue weighted by Gasteiger charge is -2.34. The molecule has 2 aliphatic rings. The number of para-hydroxylation sites is 1. The summed E-state index contributed by atoms with van der Waals surface area (Å²) in [6, 6.07) is 11.3. The first kappa shape index (κ1) is 20.7. The highest BCUT2D eigenvalue weighted by molar-refractivity contribution is 5.93. The number of carbonyl (C=O) groups excluding carboxylic acids is 1. The maximum Gasteiger partial charge on any atom is 0.418 e. The van der Waals surface area contributed by atoms with Gasteiger partial charge in [-0.25, -0.2) is 0 Å². The molecule has 2 heterocycles. The smallest absolute Gasteiger partial charge is 0.418 e. The monoisotopic (exact) mass is 419 g/mol. The number of piperazine rings is 1. The Bertz CT molecular complexity index is 909. The van der Waals surface area contributed by atoms with E-state index in [4.69, 9.17) is 4.74 Å². The fourth-order valence-electron chi connectivity index (χ4n) is 3.93. The molecular formula is C22H24F3N3O2. The lowest BCUT2D eigenvalue weighted by atomic mass is 10.1. The number of nitrogens with one attached hydrogen (secondary N) is 1. The van der Waals surface area contributed by atoms with E-state index in [1.54, 1.807) is 0 Å². The number of rotatable bonds is 5. The first-order chi connectivity index (χ1) is 14.4. The molecule has 8 heteroatoms. The Labute approximate surface area is 173 Å². The molecule has 0 aliphatic carbocycles. The quantitative estimate of drug-likeness (QED) is 0.807. The van der Waals surface area contributed by atoms with Crippen LogP contribution in [0.15, 0.2) is 42.5 Å². The van der Waals surface area contributed by atoms with E-state index in [0.717, 1.165) is 44.5 Å². The van der Waals surface area contributed by atoms with E-state index < -0.39 is 17.6 Å². The summed E-state index contributed by atoms with van der Waals surface area (Å²) in [4.78, 5) is 16.6. The summed E-state index contributed by atoms with van der Waals surface area (Å²) in [5.74, 6) is 0.542. The molecule has 0 spiro atoms. The number of nitrogens with zero attached hydrogens (tertiary/aromatic N) is 2. The minimum Gasteiger partial charge on any atom is -0.493 e. The average Bonchev–Trinajstić information content (AvgIpc) is 3.17. The van der Waals surface area contributed by atoms with Crippen molar-refractivity contribution in [2.45, 2.75) is 19.1 Å². The topological polar surface area (TPSA) is 44.8 Å². The SMILES string of the molecule is O=C(CN1CCN(Cc2ccc3c(c2)CCO3)CC1)Nc1ccccc1C(F)(F)F. The van der Waals surface area contributed by atoms with Crippen LogP contribution < -0.4 is 10.1 Å². The number of amides is 1. The highest BCUT2D eigenvalue weighted by Crippen LogP contribution is 2.34. The van der Waals surface area contributed by atoms with Crippen LogP contribution in [0, 0.1) is 0 Å². The van der Waals surface area contributed by atoms with Crippen LogP contribution in [0.3, 0.4) is 0 Å². The summed E-state index contributed by atoms with van der Waals surface area (Å²) in [5, 5.41) is 2.41. The molecule has 160 valence electrons. The molecule has 2 aromatic carbocycles. The van der Waals surface area contributed by atoms with Gasteiger partial charge >= 0.3 is 6.18 Å². The fraction of sp³-hybridized carbons (Fsp3) is 0.409. The van der Waals surface area contributed by atoms with Gasteiger partial charge in [0.15, 0.2) is 0 Å². The maximum atomic E-state index is 13.1. The fourth-order valence-corrected chi connectivity index (χ4v) is 3.93. The molecule has 1 N–H and O–H groups in total. The number of anilines is 1. The first-order valence-corrected chi connectivity index (χ1v) is 10.0. The van der Waals surface area contributed by atoms with Gasteiger partial charge in [-0.1, -0.05) is 24.3 Å². The van der Waals surface area contributed by atoms with Crippen molar-refractivity contribution in [2.75, 3.05) is 44.6 Å². The molecule has 1 amide bonds. The maximum absolute atomic E-state index is 13.1. The van der Waals surface area contributed by atoms with Crippen LogP contribution in [0.5, 0.6) is 5.75 Å². The minimum absolute atomic E-state index is 0.0796. The van der Waals surface area contributed by atoms with E-state index in [1.807, 2.05) is 11.0 Å². The summed E-state index contributed by atoms with van der Waals surface area (Å²) in [5.41, 5.74) is 1.47. The highest BCUT2D eigenvalue weighted by atomic mass is 19.4. The van der Waals surface area contributed by atoms with Gasteiger partial charge in [-0.3, -0.25) is 14.6 Å². The predicted octanol–water partition coefficient (Wildman–Crippen LogP) is 3.40. The van der Waals surface area contributed by atoms with Crippen molar-refractivity contribution in [3.8, 4) is 5.75 Å². The van der Waals surface area contributed by atoms with Crippen LogP contribution in [-0.2, 0) is 23.9 Å². The first-order valence-electron chi connectivity index (χ1n) is 10.0. The summed E-state index contributed by atoms with van der Waals surface area (Å²) in [7, 11) is 0. The number of ether oxygens (including phenoxy) is 1. The van der Waals surface area contributed by atoms with Crippen molar-refractivity contribution in [3.05, 3.63) is 59.2 Å². The van der Waals surface area contributed by atoms with Crippen LogP contribution in [0.2, 0.25) is 0 Å². The van der Waals surface area contributed by atoms with E-state index in [9.17, 15) is 18.0 Å². The van der Waals surface area contributed by atoms with Crippen molar-refractivity contribution >= 4 is 11.6 Å². The van der Waals surface area contributed by atoms with Crippen LogP contribution in [-0.4, -0.2) is 55.0 Å². The van der Waals surface area contributed by atoms with Gasteiger partial charge < -0.3 is 10.1 Å². The summed E-state index contributed by atoms with van der Waals surface area (Å²) < 4.78 is 44.8. The Morgan fingerprint density at radius 3 is 2.53 bits per heavy atom. The molecule has 0 saturated carbocycles. The van der Waals surface area contributed by atoms with Gasteiger partial charge in [0, 0.05) is 39.1 Å². The van der Waals surface area contributed by atoms with Crippen LogP contribution in [0.25, 0.3) is 0 Å². The van der Waals surface area contributed by atoms with E-state index in [2.05, 4.69) is 22.3 Å². The molecule has 5 nitrogen and oxygen atoms in total. The van der Waals surface area contributed by atoms with E-state index in [1.165, 1.54) is 29.3 Å². The van der Waals surface area contributed by atoms with E-state index >= 15 is 0 Å². The third kappa shape index (κ3) is 4.94. The van der Waals surface area contributed by atoms with Crippen LogP contribution >= 0.6 is 0 Å². The molecular weight excluding hydrogens is 395 g/mol. The van der Waals surface area contributed by atoms with Gasteiger partial charge in [0.2, 0.25) is 5.91 Å². The van der Waals surface area contributed by atoms with Crippen molar-refractivity contribution < 1.29 is 22.7 Å². The Morgan fingerprint density at radius 2 is 1.77 bits per heavy atom. The van der Waals surface area contributed by atoms with Crippen molar-refractivity contribution in [2.24, 2.45) is 0 Å². The number of hydrogen-bond donors (Lipinski definition) is 1. The Kier molecular flexibility index (Phi) is 5.97. The second-order valence-corrected chi connectivity index (χ2v) is 7.68. The predicted molar refractivity (Wildman–Crippen MR) is 107 cm³/mol. The molecule has 0 unspecified atom stereocenters. The second-order valence-electron chi connectivity index (χ2n) is 7.68. The summed E-state index contributed by atoms with van der Waals surface area (Å²) >= 11 is 0. The van der Waals surface area contributed by atoms with Crippen molar-refractivity contribution in [1.82, 2.24) is 9.80 Å². The lowest BCUT2D eigenvalue weighted by molar-refractivity contribution is -0.137. The number of fused-ring (bicyclic) bond motifs is 1. The number of carbonyl (C=O) groups is 1. The summed E-state index contributed by atoms with van der Waals surface area (Å²) in [6.07, 6.45) is -3.55. The van der Waals surface area contributed by atoms with Gasteiger partial charge in [0.25, 0.3) is 0 Å². The van der Waals surface area contributed by atoms with Crippen molar-refractivity contribution in [3.63, 3.8) is 0 Å². The number of hydrogen-bond acceptors (Lipinski definition) is 4. The lowest BCUT2D eigenvalue weighted by Crippen LogP contribution is -2.48. The summed E-state index contributed by atoms with van der Waals surface area (Å²) in [6.45, 7) is 4.67. The molecule has 0 radical (unpaired) electrons. The largest absolute Gasteiger partial charge is 0.493 e. The molecule has 0 atom stereocenters. The molecule has 30 heavy (non-hydrogen) atoms. The normalized spacial score (nSPS) is 17.4. The van der Waals surface area contributed by atoms with Crippen molar-refractivity contribution in [1.29, 1.82) is 0 Å². The third-order valence-corrected chi connectivity index (χ3v) is 5.50. The van der Waals surface area contributed by atoms with E-state index in [-0.39, 0.29) is 12.2 Å². The van der Waals surface area contributed by atoms with Gasteiger partial charge in [0.05, 0.1) is 24.4 Å². The zero-order chi connectivity index (χ0) is 21.1. The zero-order valence-corrected chi connectivity index (χ0v) is 16.5. The minimum atomic E-state index is -4.50. The van der Waals surface area contributed by atoms with Gasteiger partial charge in [-0.05, 0) is 29.3 Å². The number of alkyl halides is 3. The van der Waals surface area contributed by atoms with E-state index in [0.29, 0.717) is 13.1 Å². The standard InChI is InChI=1S/C22H24F3N3O2/c23-22(24,25)18-3-1-2-4-19(18)26-21(29)15-28-10-8-27(9-11-28)14-16-5-6-20-17(13-16)7-12-30-20/h1-6,13H,7-12,14-15H2,(H,26,29). The Hall–Kier alpha value is -2.58. The number of halogens is 3. The van der Waals surface area contributed by atoms with Gasteiger partial charge in [-0.15, -0.1) is 0 Å². The molecule has 1 fully saturated rings. The molecule has 0 aromatic heterocycles. The second kappa shape index (κ2) is 8.65. The van der Waals surface area contributed by atoms with Crippen LogP contribution in [0.1, 0.15) is 16.7 Å². The molecule has 1 saturated heterocycles.